The van der Waals surface area contributed by atoms with Gasteiger partial charge in [-0.15, -0.1) is 0 Å². The number of benzene rings is 2. The lowest BCUT2D eigenvalue weighted by molar-refractivity contribution is 0.0938. The van der Waals surface area contributed by atoms with Gasteiger partial charge in [0.25, 0.3) is 5.91 Å². The largest absolute Gasteiger partial charge is 0.353 e. The third kappa shape index (κ3) is 4.29. The zero-order valence-electron chi connectivity index (χ0n) is 17.4. The number of nitrogens with one attached hydrogen (secondary N) is 3. The van der Waals surface area contributed by atoms with Gasteiger partial charge < -0.3 is 15.3 Å². The molecule has 2 aromatic heterocycles. The van der Waals surface area contributed by atoms with Crippen LogP contribution in [0.5, 0.6) is 0 Å². The van der Waals surface area contributed by atoms with Crippen LogP contribution in [0, 0.1) is 0 Å². The second-order valence-electron chi connectivity index (χ2n) is 8.11. The number of aromatic amines is 2. The van der Waals surface area contributed by atoms with Crippen LogP contribution in [0.15, 0.2) is 46.9 Å². The number of nitrogens with two attached hydrogens (primary N) is 1. The number of nitrogens with zero attached hydrogens (tertiary/aromatic N) is 2. The molecule has 0 bridgehead atoms. The number of carbonyl (C=O) groups excluding carboxylic acids is 1. The number of hydrogen-bond acceptors (Lipinski definition) is 4. The zero-order chi connectivity index (χ0) is 22.2. The summed E-state index contributed by atoms with van der Waals surface area (Å²) in [5.41, 5.74) is 4.11. The second-order valence-corrected chi connectivity index (χ2v) is 9.47. The Morgan fingerprint density at radius 3 is 2.69 bits per heavy atom. The number of rotatable bonds is 5. The number of fused-ring (bicyclic) bond motifs is 2. The van der Waals surface area contributed by atoms with Crippen molar-refractivity contribution in [3.8, 4) is 11.4 Å². The van der Waals surface area contributed by atoms with Gasteiger partial charge in [0.15, 0.2) is 0 Å². The molecule has 1 aliphatic rings. The summed E-state index contributed by atoms with van der Waals surface area (Å²) in [4.78, 5) is 22.5. The monoisotopic (exact) mass is 514 g/mol. The molecule has 5 N–H and O–H groups in total. The molecule has 32 heavy (non-hydrogen) atoms. The van der Waals surface area contributed by atoms with E-state index >= 15 is 0 Å². The highest BCUT2D eigenvalue weighted by atomic mass is 79.9. The van der Waals surface area contributed by atoms with Crippen molar-refractivity contribution in [2.45, 2.75) is 0 Å². The summed E-state index contributed by atoms with van der Waals surface area (Å²) in [5.74, 6) is 5.73. The van der Waals surface area contributed by atoms with Crippen LogP contribution < -0.4 is 11.2 Å². The molecule has 1 amide bonds. The molecule has 2 aromatic carbocycles. The Kier molecular flexibility index (Phi) is 5.96. The maximum absolute atomic E-state index is 13.3. The van der Waals surface area contributed by atoms with E-state index in [1.165, 1.54) is 0 Å². The summed E-state index contributed by atoms with van der Waals surface area (Å²) in [5, 5.41) is 7.50. The van der Waals surface area contributed by atoms with Gasteiger partial charge >= 0.3 is 0 Å². The van der Waals surface area contributed by atoms with E-state index in [9.17, 15) is 4.79 Å². The Hall–Kier alpha value is -2.36. The van der Waals surface area contributed by atoms with E-state index in [4.69, 9.17) is 17.4 Å². The molecule has 5 rings (SSSR count). The first kappa shape index (κ1) is 21.5. The number of piperazine rings is 1. The average Bonchev–Trinajstić information content (AvgIpc) is 3.35. The number of hydrazine groups is 1. The Morgan fingerprint density at radius 1 is 1.06 bits per heavy atom. The number of H-pyrrole nitrogens is 2. The highest BCUT2D eigenvalue weighted by Crippen LogP contribution is 2.33. The molecule has 0 saturated carbocycles. The maximum atomic E-state index is 13.3. The van der Waals surface area contributed by atoms with E-state index < -0.39 is 0 Å². The van der Waals surface area contributed by atoms with Crippen molar-refractivity contribution < 1.29 is 4.79 Å². The van der Waals surface area contributed by atoms with E-state index in [0.29, 0.717) is 17.1 Å². The van der Waals surface area contributed by atoms with Gasteiger partial charge in [-0.05, 0) is 36.4 Å². The smallest absolute Gasteiger partial charge is 0.254 e. The van der Waals surface area contributed by atoms with Gasteiger partial charge in [-0.1, -0.05) is 33.6 Å². The summed E-state index contributed by atoms with van der Waals surface area (Å²) in [6.07, 6.45) is 0. The van der Waals surface area contributed by atoms with E-state index in [2.05, 4.69) is 36.1 Å². The molecule has 7 nitrogen and oxygen atoms in total. The van der Waals surface area contributed by atoms with E-state index in [1.807, 2.05) is 47.5 Å². The lowest BCUT2D eigenvalue weighted by Crippen LogP contribution is -2.50. The Labute approximate surface area is 199 Å². The van der Waals surface area contributed by atoms with E-state index in [-0.39, 0.29) is 5.91 Å². The fraction of sp³-hybridized carbons (Fsp3) is 0.261. The number of aromatic nitrogens is 2. The molecular formula is C23H24BrClN6O. The first-order chi connectivity index (χ1) is 15.5. The van der Waals surface area contributed by atoms with Crippen LogP contribution in [-0.2, 0) is 0 Å². The third-order valence-electron chi connectivity index (χ3n) is 5.96. The predicted octanol–water partition coefficient (Wildman–Crippen LogP) is 3.95. The highest BCUT2D eigenvalue weighted by Gasteiger charge is 2.22. The standard InChI is InChI=1S/C23H24BrClN6O/c24-15-1-3-17-19(13-15)29-22(20-12-14-11-16(25)2-4-18(14)28-20)21(17)23(32)27-5-6-30-7-9-31(26)10-8-30/h1-4,11-13,28-29H,5-10,26H2,(H,27,32). The fourth-order valence-electron chi connectivity index (χ4n) is 4.25. The SMILES string of the molecule is NN1CCN(CCNC(=O)c2c(-c3cc4cc(Cl)ccc4[nH]3)[nH]c3cc(Br)ccc23)CC1. The summed E-state index contributed by atoms with van der Waals surface area (Å²) >= 11 is 9.69. The van der Waals surface area contributed by atoms with Crippen LogP contribution in [0.3, 0.4) is 0 Å². The summed E-state index contributed by atoms with van der Waals surface area (Å²) in [6.45, 7) is 4.90. The Bertz CT molecular complexity index is 1290. The minimum absolute atomic E-state index is 0.0947. The second kappa shape index (κ2) is 8.88. The fourth-order valence-corrected chi connectivity index (χ4v) is 4.79. The van der Waals surface area contributed by atoms with Crippen molar-refractivity contribution in [2.24, 2.45) is 5.84 Å². The van der Waals surface area contributed by atoms with Crippen molar-refractivity contribution >= 4 is 55.2 Å². The molecular weight excluding hydrogens is 492 g/mol. The van der Waals surface area contributed by atoms with Crippen LogP contribution >= 0.6 is 27.5 Å². The molecule has 4 aromatic rings. The van der Waals surface area contributed by atoms with Gasteiger partial charge in [-0.2, -0.15) is 0 Å². The molecule has 0 spiro atoms. The van der Waals surface area contributed by atoms with Gasteiger partial charge in [0, 0.05) is 70.6 Å². The van der Waals surface area contributed by atoms with Crippen molar-refractivity contribution in [3.05, 3.63) is 57.5 Å². The molecule has 9 heteroatoms. The minimum Gasteiger partial charge on any atom is -0.353 e. The predicted molar refractivity (Wildman–Crippen MR) is 133 cm³/mol. The topological polar surface area (TPSA) is 93.2 Å². The Morgan fingerprint density at radius 2 is 1.88 bits per heavy atom. The summed E-state index contributed by atoms with van der Waals surface area (Å²) < 4.78 is 0.951. The van der Waals surface area contributed by atoms with Crippen molar-refractivity contribution in [1.82, 2.24) is 25.2 Å². The Balaban J connectivity index is 1.44. The highest BCUT2D eigenvalue weighted by molar-refractivity contribution is 9.10. The molecule has 0 aliphatic carbocycles. The summed E-state index contributed by atoms with van der Waals surface area (Å²) in [6, 6.07) is 13.6. The van der Waals surface area contributed by atoms with Crippen molar-refractivity contribution in [2.75, 3.05) is 39.3 Å². The zero-order valence-corrected chi connectivity index (χ0v) is 19.8. The van der Waals surface area contributed by atoms with Crippen LogP contribution in [0.2, 0.25) is 5.02 Å². The number of halogens is 2. The van der Waals surface area contributed by atoms with Crippen molar-refractivity contribution in [1.29, 1.82) is 0 Å². The number of carbonyl (C=O) groups is 1. The van der Waals surface area contributed by atoms with Gasteiger partial charge in [-0.25, -0.2) is 5.01 Å². The minimum atomic E-state index is -0.0947. The van der Waals surface area contributed by atoms with Gasteiger partial charge in [0.05, 0.1) is 17.0 Å². The van der Waals surface area contributed by atoms with Gasteiger partial charge in [-0.3, -0.25) is 15.5 Å². The first-order valence-electron chi connectivity index (χ1n) is 10.6. The molecule has 166 valence electrons. The lowest BCUT2D eigenvalue weighted by atomic mass is 10.1. The third-order valence-corrected chi connectivity index (χ3v) is 6.69. The van der Waals surface area contributed by atoms with Gasteiger partial charge in [0.2, 0.25) is 0 Å². The van der Waals surface area contributed by atoms with Crippen LogP contribution in [-0.4, -0.2) is 65.1 Å². The van der Waals surface area contributed by atoms with E-state index in [1.54, 1.807) is 0 Å². The molecule has 1 saturated heterocycles. The number of hydrogen-bond donors (Lipinski definition) is 4. The van der Waals surface area contributed by atoms with Crippen LogP contribution in [0.1, 0.15) is 10.4 Å². The average molecular weight is 516 g/mol. The normalized spacial score (nSPS) is 15.6. The quantitative estimate of drug-likeness (QED) is 0.303. The molecule has 1 aliphatic heterocycles. The number of amides is 1. The first-order valence-corrected chi connectivity index (χ1v) is 11.7. The summed E-state index contributed by atoms with van der Waals surface area (Å²) in [7, 11) is 0. The molecule has 0 unspecified atom stereocenters. The van der Waals surface area contributed by atoms with Crippen LogP contribution in [0.25, 0.3) is 33.2 Å². The lowest BCUT2D eigenvalue weighted by Gasteiger charge is -2.31. The molecule has 1 fully saturated rings. The molecule has 0 atom stereocenters. The maximum Gasteiger partial charge on any atom is 0.254 e. The van der Waals surface area contributed by atoms with Crippen LogP contribution in [0.4, 0.5) is 0 Å². The van der Waals surface area contributed by atoms with E-state index in [0.717, 1.165) is 70.4 Å². The van der Waals surface area contributed by atoms with Crippen molar-refractivity contribution in [3.63, 3.8) is 0 Å². The van der Waals surface area contributed by atoms with Gasteiger partial charge in [0.1, 0.15) is 0 Å². The molecule has 3 heterocycles. The molecule has 0 radical (unpaired) electrons.